The molecular formula is C24H33N3O2. The van der Waals surface area contributed by atoms with E-state index in [-0.39, 0.29) is 6.03 Å². The molecule has 1 aliphatic heterocycles. The molecule has 29 heavy (non-hydrogen) atoms. The molecule has 1 N–H and O–H groups in total. The molecule has 5 nitrogen and oxygen atoms in total. The van der Waals surface area contributed by atoms with E-state index in [0.29, 0.717) is 6.54 Å². The maximum atomic E-state index is 12.6. The molecule has 2 aromatic rings. The van der Waals surface area contributed by atoms with E-state index in [9.17, 15) is 4.79 Å². The lowest BCUT2D eigenvalue weighted by Gasteiger charge is -2.38. The normalized spacial score (nSPS) is 14.0. The molecule has 2 amide bonds. The van der Waals surface area contributed by atoms with Crippen LogP contribution < -0.4 is 15.0 Å². The molecule has 0 aliphatic carbocycles. The molecule has 0 bridgehead atoms. The van der Waals surface area contributed by atoms with Crippen molar-refractivity contribution in [3.63, 3.8) is 0 Å². The number of carbonyl (C=O) groups is 1. The molecular weight excluding hydrogens is 362 g/mol. The SMILES string of the molecule is CCc1cccc(CC)c1N1CCN(C(=O)NCCc2ccc(OC)cc2)CC1. The van der Waals surface area contributed by atoms with Crippen LogP contribution in [0.5, 0.6) is 5.75 Å². The van der Waals surface area contributed by atoms with Crippen LogP contribution in [0.1, 0.15) is 30.5 Å². The van der Waals surface area contributed by atoms with Gasteiger partial charge in [0, 0.05) is 38.4 Å². The molecule has 1 fully saturated rings. The Labute approximate surface area is 174 Å². The first-order chi connectivity index (χ1) is 14.2. The first kappa shape index (κ1) is 21.0. The third-order valence-electron chi connectivity index (χ3n) is 5.70. The van der Waals surface area contributed by atoms with E-state index in [2.05, 4.69) is 42.3 Å². The van der Waals surface area contributed by atoms with E-state index < -0.39 is 0 Å². The topological polar surface area (TPSA) is 44.8 Å². The summed E-state index contributed by atoms with van der Waals surface area (Å²) in [7, 11) is 1.67. The number of carbonyl (C=O) groups excluding carboxylic acids is 1. The summed E-state index contributed by atoms with van der Waals surface area (Å²) in [5.41, 5.74) is 5.39. The smallest absolute Gasteiger partial charge is 0.317 e. The molecule has 1 saturated heterocycles. The minimum atomic E-state index is 0.0395. The van der Waals surface area contributed by atoms with Crippen molar-refractivity contribution in [1.29, 1.82) is 0 Å². The fourth-order valence-electron chi connectivity index (χ4n) is 3.97. The van der Waals surface area contributed by atoms with E-state index in [1.807, 2.05) is 29.2 Å². The number of anilines is 1. The van der Waals surface area contributed by atoms with Crippen LogP contribution in [0.2, 0.25) is 0 Å². The van der Waals surface area contributed by atoms with Crippen LogP contribution >= 0.6 is 0 Å². The number of benzene rings is 2. The van der Waals surface area contributed by atoms with E-state index in [1.165, 1.54) is 22.4 Å². The second kappa shape index (κ2) is 10.2. The quantitative estimate of drug-likeness (QED) is 0.773. The van der Waals surface area contributed by atoms with Crippen LogP contribution in [0, 0.1) is 0 Å². The van der Waals surface area contributed by atoms with Crippen molar-refractivity contribution in [1.82, 2.24) is 10.2 Å². The number of urea groups is 1. The van der Waals surface area contributed by atoms with Gasteiger partial charge in [0.2, 0.25) is 0 Å². The van der Waals surface area contributed by atoms with Crippen molar-refractivity contribution in [2.75, 3.05) is 44.7 Å². The van der Waals surface area contributed by atoms with Gasteiger partial charge in [0.05, 0.1) is 7.11 Å². The fourth-order valence-corrected chi connectivity index (χ4v) is 3.97. The van der Waals surface area contributed by atoms with Crippen LogP contribution in [-0.4, -0.2) is 50.8 Å². The van der Waals surface area contributed by atoms with Gasteiger partial charge in [-0.25, -0.2) is 4.79 Å². The van der Waals surface area contributed by atoms with Crippen LogP contribution in [0.4, 0.5) is 10.5 Å². The summed E-state index contributed by atoms with van der Waals surface area (Å²) < 4.78 is 5.18. The maximum Gasteiger partial charge on any atom is 0.317 e. The Morgan fingerprint density at radius 2 is 1.59 bits per heavy atom. The van der Waals surface area contributed by atoms with Gasteiger partial charge in [-0.15, -0.1) is 0 Å². The number of aryl methyl sites for hydroxylation is 2. The van der Waals surface area contributed by atoms with Gasteiger partial charge in [-0.2, -0.15) is 0 Å². The summed E-state index contributed by atoms with van der Waals surface area (Å²) >= 11 is 0. The number of hydrogen-bond donors (Lipinski definition) is 1. The molecule has 2 aromatic carbocycles. The number of nitrogens with zero attached hydrogens (tertiary/aromatic N) is 2. The van der Waals surface area contributed by atoms with E-state index in [4.69, 9.17) is 4.74 Å². The minimum Gasteiger partial charge on any atom is -0.497 e. The molecule has 156 valence electrons. The summed E-state index contributed by atoms with van der Waals surface area (Å²) in [5, 5.41) is 3.07. The minimum absolute atomic E-state index is 0.0395. The number of nitrogens with one attached hydrogen (secondary N) is 1. The highest BCUT2D eigenvalue weighted by Crippen LogP contribution is 2.28. The molecule has 3 rings (SSSR count). The average Bonchev–Trinajstić information content (AvgIpc) is 2.79. The molecule has 1 heterocycles. The number of rotatable bonds is 7. The molecule has 0 aromatic heterocycles. The van der Waals surface area contributed by atoms with Gasteiger partial charge < -0.3 is 19.9 Å². The van der Waals surface area contributed by atoms with E-state index >= 15 is 0 Å². The first-order valence-electron chi connectivity index (χ1n) is 10.7. The third-order valence-corrected chi connectivity index (χ3v) is 5.70. The standard InChI is InChI=1S/C24H33N3O2/c1-4-20-7-6-8-21(5-2)23(20)26-15-17-27(18-16-26)24(28)25-14-13-19-9-11-22(29-3)12-10-19/h6-12H,4-5,13-18H2,1-3H3,(H,25,28). The number of hydrogen-bond acceptors (Lipinski definition) is 3. The zero-order valence-electron chi connectivity index (χ0n) is 17.9. The summed E-state index contributed by atoms with van der Waals surface area (Å²) in [6.07, 6.45) is 2.89. The van der Waals surface area contributed by atoms with Gasteiger partial charge in [-0.1, -0.05) is 44.2 Å². The van der Waals surface area contributed by atoms with E-state index in [1.54, 1.807) is 7.11 Å². The Bertz CT molecular complexity index is 774. The predicted molar refractivity (Wildman–Crippen MR) is 119 cm³/mol. The molecule has 5 heteroatoms. The monoisotopic (exact) mass is 395 g/mol. The van der Waals surface area contributed by atoms with Crippen LogP contribution in [0.15, 0.2) is 42.5 Å². The van der Waals surface area contributed by atoms with Crippen LogP contribution in [0.3, 0.4) is 0 Å². The highest BCUT2D eigenvalue weighted by molar-refractivity contribution is 5.74. The zero-order valence-corrected chi connectivity index (χ0v) is 17.9. The fraction of sp³-hybridized carbons (Fsp3) is 0.458. The number of amides is 2. The van der Waals surface area contributed by atoms with Crippen molar-refractivity contribution in [3.05, 3.63) is 59.2 Å². The van der Waals surface area contributed by atoms with Crippen molar-refractivity contribution in [3.8, 4) is 5.75 Å². The first-order valence-corrected chi connectivity index (χ1v) is 10.7. The average molecular weight is 396 g/mol. The Kier molecular flexibility index (Phi) is 7.39. The lowest BCUT2D eigenvalue weighted by Crippen LogP contribution is -2.52. The highest BCUT2D eigenvalue weighted by atomic mass is 16.5. The second-order valence-electron chi connectivity index (χ2n) is 7.44. The number of ether oxygens (including phenoxy) is 1. The second-order valence-corrected chi connectivity index (χ2v) is 7.44. The molecule has 0 atom stereocenters. The lowest BCUT2D eigenvalue weighted by atomic mass is 10.0. The molecule has 0 radical (unpaired) electrons. The van der Waals surface area contributed by atoms with Crippen molar-refractivity contribution >= 4 is 11.7 Å². The van der Waals surface area contributed by atoms with Gasteiger partial charge in [-0.3, -0.25) is 0 Å². The summed E-state index contributed by atoms with van der Waals surface area (Å²) in [4.78, 5) is 16.9. The predicted octanol–water partition coefficient (Wildman–Crippen LogP) is 3.89. The summed E-state index contributed by atoms with van der Waals surface area (Å²) in [6, 6.07) is 14.6. The van der Waals surface area contributed by atoms with Crippen molar-refractivity contribution in [2.45, 2.75) is 33.1 Å². The molecule has 0 saturated carbocycles. The zero-order chi connectivity index (χ0) is 20.6. The largest absolute Gasteiger partial charge is 0.497 e. The molecule has 0 spiro atoms. The van der Waals surface area contributed by atoms with Crippen molar-refractivity contribution in [2.24, 2.45) is 0 Å². The van der Waals surface area contributed by atoms with Gasteiger partial charge in [0.25, 0.3) is 0 Å². The third kappa shape index (κ3) is 5.22. The Morgan fingerprint density at radius 3 is 2.14 bits per heavy atom. The van der Waals surface area contributed by atoms with Gasteiger partial charge in [0.1, 0.15) is 5.75 Å². The lowest BCUT2D eigenvalue weighted by molar-refractivity contribution is 0.194. The van der Waals surface area contributed by atoms with Gasteiger partial charge in [-0.05, 0) is 48.1 Å². The van der Waals surface area contributed by atoms with Crippen molar-refractivity contribution < 1.29 is 9.53 Å². The van der Waals surface area contributed by atoms with Crippen LogP contribution in [-0.2, 0) is 19.3 Å². The van der Waals surface area contributed by atoms with E-state index in [0.717, 1.165) is 51.2 Å². The Hall–Kier alpha value is -2.69. The highest BCUT2D eigenvalue weighted by Gasteiger charge is 2.23. The van der Waals surface area contributed by atoms with Gasteiger partial charge >= 0.3 is 6.03 Å². The van der Waals surface area contributed by atoms with Gasteiger partial charge in [0.15, 0.2) is 0 Å². The number of piperazine rings is 1. The number of methoxy groups -OCH3 is 1. The Morgan fingerprint density at radius 1 is 0.966 bits per heavy atom. The number of para-hydroxylation sites is 1. The maximum absolute atomic E-state index is 12.6. The molecule has 1 aliphatic rings. The molecule has 0 unspecified atom stereocenters. The summed E-state index contributed by atoms with van der Waals surface area (Å²) in [5.74, 6) is 0.853. The summed E-state index contributed by atoms with van der Waals surface area (Å²) in [6.45, 7) is 8.36. The van der Waals surface area contributed by atoms with Crippen LogP contribution in [0.25, 0.3) is 0 Å². The Balaban J connectivity index is 1.49.